The molecule has 1 aromatic rings. The first-order valence-electron chi connectivity index (χ1n) is 6.09. The average Bonchev–Trinajstić information content (AvgIpc) is 2.34. The van der Waals surface area contributed by atoms with Crippen molar-refractivity contribution in [3.05, 3.63) is 29.1 Å². The number of aromatic nitrogens is 1. The highest BCUT2D eigenvalue weighted by Gasteiger charge is 2.13. The molecule has 0 spiro atoms. The minimum Gasteiger partial charge on any atom is -0.478 e. The number of rotatable bonds is 5. The average molecular weight is 279 g/mol. The summed E-state index contributed by atoms with van der Waals surface area (Å²) in [6, 6.07) is 2.62. The number of aryl methyl sites for hydroxylation is 1. The van der Waals surface area contributed by atoms with Crippen molar-refractivity contribution in [2.24, 2.45) is 0 Å². The van der Waals surface area contributed by atoms with Crippen LogP contribution in [0.15, 0.2) is 12.1 Å². The van der Waals surface area contributed by atoms with E-state index in [1.807, 2.05) is 13.8 Å². The van der Waals surface area contributed by atoms with Crippen LogP contribution in [0.3, 0.4) is 0 Å². The van der Waals surface area contributed by atoms with Crippen molar-refractivity contribution in [1.82, 2.24) is 15.6 Å². The Morgan fingerprint density at radius 1 is 1.30 bits per heavy atom. The van der Waals surface area contributed by atoms with E-state index in [0.717, 1.165) is 0 Å². The number of hydrogen-bond donors (Lipinski definition) is 3. The molecule has 1 heterocycles. The number of amides is 2. The molecule has 108 valence electrons. The van der Waals surface area contributed by atoms with E-state index < -0.39 is 11.9 Å². The van der Waals surface area contributed by atoms with Crippen LogP contribution in [0.1, 0.15) is 40.4 Å². The molecule has 0 radical (unpaired) electrons. The van der Waals surface area contributed by atoms with Gasteiger partial charge in [-0.1, -0.05) is 0 Å². The van der Waals surface area contributed by atoms with Gasteiger partial charge in [0.2, 0.25) is 5.91 Å². The Morgan fingerprint density at radius 3 is 2.45 bits per heavy atom. The van der Waals surface area contributed by atoms with Crippen LogP contribution in [0.5, 0.6) is 0 Å². The van der Waals surface area contributed by atoms with Gasteiger partial charge in [0.05, 0.1) is 17.8 Å². The summed E-state index contributed by atoms with van der Waals surface area (Å²) in [5.74, 6) is -1.92. The van der Waals surface area contributed by atoms with E-state index in [1.54, 1.807) is 0 Å². The molecule has 0 aliphatic carbocycles. The van der Waals surface area contributed by atoms with E-state index in [4.69, 9.17) is 5.11 Å². The van der Waals surface area contributed by atoms with Gasteiger partial charge in [0.25, 0.3) is 5.91 Å². The number of nitrogens with zero attached hydrogens (tertiary/aromatic N) is 1. The lowest BCUT2D eigenvalue weighted by molar-refractivity contribution is -0.120. The first kappa shape index (κ1) is 15.6. The molecule has 0 saturated carbocycles. The van der Waals surface area contributed by atoms with Gasteiger partial charge in [-0.05, 0) is 32.9 Å². The van der Waals surface area contributed by atoms with Crippen LogP contribution in [0.4, 0.5) is 0 Å². The zero-order valence-electron chi connectivity index (χ0n) is 11.6. The van der Waals surface area contributed by atoms with Gasteiger partial charge < -0.3 is 15.7 Å². The number of pyridine rings is 1. The van der Waals surface area contributed by atoms with Crippen molar-refractivity contribution in [3.63, 3.8) is 0 Å². The summed E-state index contributed by atoms with van der Waals surface area (Å²) >= 11 is 0. The molecule has 7 heteroatoms. The number of aromatic carboxylic acids is 1. The molecule has 0 aliphatic heterocycles. The van der Waals surface area contributed by atoms with Crippen LogP contribution in [-0.2, 0) is 4.79 Å². The standard InChI is InChI=1S/C13H17N3O4/c1-7(2)15-11(17)6-14-12(18)10-5-4-9(13(19)20)8(3)16-10/h4-5,7H,6H2,1-3H3,(H,14,18)(H,15,17)(H,19,20). The largest absolute Gasteiger partial charge is 0.478 e. The monoisotopic (exact) mass is 279 g/mol. The summed E-state index contributed by atoms with van der Waals surface area (Å²) in [4.78, 5) is 37.9. The second-order valence-corrected chi connectivity index (χ2v) is 4.54. The number of carbonyl (C=O) groups is 3. The summed E-state index contributed by atoms with van der Waals surface area (Å²) in [6.45, 7) is 4.98. The molecule has 0 bridgehead atoms. The van der Waals surface area contributed by atoms with Crippen LogP contribution in [-0.4, -0.2) is 40.5 Å². The van der Waals surface area contributed by atoms with Crippen LogP contribution >= 0.6 is 0 Å². The van der Waals surface area contributed by atoms with E-state index >= 15 is 0 Å². The van der Waals surface area contributed by atoms with Crippen LogP contribution in [0.2, 0.25) is 0 Å². The van der Waals surface area contributed by atoms with Gasteiger partial charge >= 0.3 is 5.97 Å². The summed E-state index contributed by atoms with van der Waals surface area (Å²) in [5.41, 5.74) is 0.362. The lowest BCUT2D eigenvalue weighted by atomic mass is 10.2. The van der Waals surface area contributed by atoms with Crippen molar-refractivity contribution in [3.8, 4) is 0 Å². The van der Waals surface area contributed by atoms with Crippen LogP contribution in [0, 0.1) is 6.92 Å². The van der Waals surface area contributed by atoms with Gasteiger partial charge in [0.15, 0.2) is 0 Å². The summed E-state index contributed by atoms with van der Waals surface area (Å²) in [5, 5.41) is 13.9. The first-order valence-corrected chi connectivity index (χ1v) is 6.09. The first-order chi connectivity index (χ1) is 9.31. The van der Waals surface area contributed by atoms with E-state index in [2.05, 4.69) is 15.6 Å². The van der Waals surface area contributed by atoms with Gasteiger partial charge in [0.1, 0.15) is 5.69 Å². The van der Waals surface area contributed by atoms with Crippen LogP contribution in [0.25, 0.3) is 0 Å². The maximum Gasteiger partial charge on any atom is 0.337 e. The van der Waals surface area contributed by atoms with Gasteiger partial charge in [-0.2, -0.15) is 0 Å². The quantitative estimate of drug-likeness (QED) is 0.720. The predicted octanol–water partition coefficient (Wildman–Crippen LogP) is 0.343. The van der Waals surface area contributed by atoms with Crippen molar-refractivity contribution in [1.29, 1.82) is 0 Å². The maximum absolute atomic E-state index is 11.8. The van der Waals surface area contributed by atoms with Crippen molar-refractivity contribution in [2.45, 2.75) is 26.8 Å². The second kappa shape index (κ2) is 6.65. The lowest BCUT2D eigenvalue weighted by Crippen LogP contribution is -2.40. The molecule has 1 aromatic heterocycles. The smallest absolute Gasteiger partial charge is 0.337 e. The fourth-order valence-electron chi connectivity index (χ4n) is 1.54. The second-order valence-electron chi connectivity index (χ2n) is 4.54. The Hall–Kier alpha value is -2.44. The van der Waals surface area contributed by atoms with Crippen molar-refractivity contribution in [2.75, 3.05) is 6.54 Å². The molecule has 0 atom stereocenters. The van der Waals surface area contributed by atoms with Crippen molar-refractivity contribution >= 4 is 17.8 Å². The van der Waals surface area contributed by atoms with Gasteiger partial charge in [-0.3, -0.25) is 9.59 Å². The molecule has 2 amide bonds. The SMILES string of the molecule is Cc1nc(C(=O)NCC(=O)NC(C)C)ccc1C(=O)O. The molecular weight excluding hydrogens is 262 g/mol. The number of hydrogen-bond acceptors (Lipinski definition) is 4. The third kappa shape index (κ3) is 4.34. The van der Waals surface area contributed by atoms with Crippen molar-refractivity contribution < 1.29 is 19.5 Å². The Morgan fingerprint density at radius 2 is 1.95 bits per heavy atom. The number of carbonyl (C=O) groups excluding carboxylic acids is 2. The molecule has 3 N–H and O–H groups in total. The highest BCUT2D eigenvalue weighted by atomic mass is 16.4. The fraction of sp³-hybridized carbons (Fsp3) is 0.385. The molecule has 7 nitrogen and oxygen atoms in total. The third-order valence-corrected chi connectivity index (χ3v) is 2.41. The van der Waals surface area contributed by atoms with E-state index in [0.29, 0.717) is 0 Å². The van der Waals surface area contributed by atoms with E-state index in [1.165, 1.54) is 19.1 Å². The summed E-state index contributed by atoms with van der Waals surface area (Å²) in [6.07, 6.45) is 0. The summed E-state index contributed by atoms with van der Waals surface area (Å²) in [7, 11) is 0. The minimum atomic E-state index is -1.10. The number of carboxylic acids is 1. The lowest BCUT2D eigenvalue weighted by Gasteiger charge is -2.09. The maximum atomic E-state index is 11.8. The molecular formula is C13H17N3O4. The normalized spacial score (nSPS) is 10.2. The molecule has 20 heavy (non-hydrogen) atoms. The predicted molar refractivity (Wildman–Crippen MR) is 71.5 cm³/mol. The highest BCUT2D eigenvalue weighted by Crippen LogP contribution is 2.06. The Balaban J connectivity index is 2.67. The Labute approximate surface area is 116 Å². The Bertz CT molecular complexity index is 540. The van der Waals surface area contributed by atoms with Gasteiger partial charge in [-0.15, -0.1) is 0 Å². The fourth-order valence-corrected chi connectivity index (χ4v) is 1.54. The minimum absolute atomic E-state index is 0.00498. The summed E-state index contributed by atoms with van der Waals surface area (Å²) < 4.78 is 0. The van der Waals surface area contributed by atoms with Gasteiger partial charge in [0, 0.05) is 6.04 Å². The van der Waals surface area contributed by atoms with Crippen LogP contribution < -0.4 is 10.6 Å². The molecule has 0 saturated heterocycles. The molecule has 0 aliphatic rings. The van der Waals surface area contributed by atoms with E-state index in [-0.39, 0.29) is 35.4 Å². The zero-order valence-corrected chi connectivity index (χ0v) is 11.6. The van der Waals surface area contributed by atoms with Gasteiger partial charge in [-0.25, -0.2) is 9.78 Å². The third-order valence-electron chi connectivity index (χ3n) is 2.41. The molecule has 0 aromatic carbocycles. The van der Waals surface area contributed by atoms with E-state index in [9.17, 15) is 14.4 Å². The molecule has 1 rings (SSSR count). The molecule has 0 fully saturated rings. The zero-order chi connectivity index (χ0) is 15.3. The molecule has 0 unspecified atom stereocenters. The topological polar surface area (TPSA) is 108 Å². The Kier molecular flexibility index (Phi) is 5.19. The highest BCUT2D eigenvalue weighted by molar-refractivity contribution is 5.96. The number of carboxylic acid groups (broad SMARTS) is 1. The number of nitrogens with one attached hydrogen (secondary N) is 2.